The number of fused-ring (bicyclic) bond motifs is 1. The van der Waals surface area contributed by atoms with Crippen molar-refractivity contribution in [3.05, 3.63) is 99.2 Å². The lowest BCUT2D eigenvalue weighted by molar-refractivity contribution is 0.278. The van der Waals surface area contributed by atoms with Crippen LogP contribution in [0.5, 0.6) is 11.5 Å². The van der Waals surface area contributed by atoms with E-state index >= 15 is 0 Å². The van der Waals surface area contributed by atoms with Crippen LogP contribution >= 0.6 is 27.5 Å². The average Bonchev–Trinajstić information content (AvgIpc) is 2.78. The Morgan fingerprint density at radius 1 is 1.00 bits per heavy atom. The van der Waals surface area contributed by atoms with Crippen molar-refractivity contribution in [3.63, 3.8) is 0 Å². The summed E-state index contributed by atoms with van der Waals surface area (Å²) in [5.74, 6) is 0.644. The third kappa shape index (κ3) is 4.78. The van der Waals surface area contributed by atoms with Crippen LogP contribution in [0.15, 0.2) is 77.3 Å². The second kappa shape index (κ2) is 9.58. The number of ether oxygens (including phenoxy) is 2. The van der Waals surface area contributed by atoms with Gasteiger partial charge in [0.1, 0.15) is 12.4 Å². The molecule has 158 valence electrons. The first-order valence-corrected chi connectivity index (χ1v) is 10.9. The number of benzene rings is 4. The van der Waals surface area contributed by atoms with Gasteiger partial charge in [0.25, 0.3) is 0 Å². The van der Waals surface area contributed by atoms with Gasteiger partial charge in [-0.1, -0.05) is 54.1 Å². The van der Waals surface area contributed by atoms with Gasteiger partial charge >= 0.3 is 0 Å². The number of halogens is 3. The molecule has 0 aromatic heterocycles. The second-order valence-electron chi connectivity index (χ2n) is 6.98. The van der Waals surface area contributed by atoms with Crippen LogP contribution in [0, 0.1) is 5.82 Å². The van der Waals surface area contributed by atoms with Crippen molar-refractivity contribution in [3.8, 4) is 11.5 Å². The Hall–Kier alpha value is -2.76. The molecule has 4 aromatic rings. The molecule has 31 heavy (non-hydrogen) atoms. The van der Waals surface area contributed by atoms with Gasteiger partial charge in [-0.2, -0.15) is 0 Å². The third-order valence-corrected chi connectivity index (χ3v) is 5.93. The van der Waals surface area contributed by atoms with E-state index in [4.69, 9.17) is 21.1 Å². The maximum absolute atomic E-state index is 14.1. The van der Waals surface area contributed by atoms with Gasteiger partial charge in [0, 0.05) is 23.2 Å². The summed E-state index contributed by atoms with van der Waals surface area (Å²) in [6.45, 7) is 0.594. The van der Waals surface area contributed by atoms with Gasteiger partial charge in [-0.15, -0.1) is 0 Å². The van der Waals surface area contributed by atoms with Crippen molar-refractivity contribution in [2.75, 3.05) is 12.4 Å². The van der Waals surface area contributed by atoms with Gasteiger partial charge < -0.3 is 14.8 Å². The zero-order valence-corrected chi connectivity index (χ0v) is 19.1. The topological polar surface area (TPSA) is 30.5 Å². The number of hydrogen-bond acceptors (Lipinski definition) is 3. The van der Waals surface area contributed by atoms with Gasteiger partial charge in [-0.05, 0) is 57.2 Å². The lowest BCUT2D eigenvalue weighted by atomic mass is 10.1. The standard InChI is InChI=1S/C25H20BrClFNO2/c1-30-24-13-16(14-29-23-11-4-7-17-6-2-3-8-18(17)23)12-20(26)25(24)31-15-19-21(27)9-5-10-22(19)28/h2-13,29H,14-15H2,1H3. The molecule has 0 aliphatic carbocycles. The van der Waals surface area contributed by atoms with E-state index in [-0.39, 0.29) is 6.61 Å². The highest BCUT2D eigenvalue weighted by molar-refractivity contribution is 9.10. The summed E-state index contributed by atoms with van der Waals surface area (Å²) in [6.07, 6.45) is 0. The van der Waals surface area contributed by atoms with Crippen molar-refractivity contribution in [1.29, 1.82) is 0 Å². The third-order valence-electron chi connectivity index (χ3n) is 4.98. The Balaban J connectivity index is 1.53. The zero-order valence-electron chi connectivity index (χ0n) is 16.8. The molecule has 0 radical (unpaired) electrons. The van der Waals surface area contributed by atoms with E-state index in [9.17, 15) is 4.39 Å². The van der Waals surface area contributed by atoms with Crippen LogP contribution in [-0.2, 0) is 13.2 Å². The minimum Gasteiger partial charge on any atom is -0.493 e. The molecule has 6 heteroatoms. The first-order chi connectivity index (χ1) is 15.1. The van der Waals surface area contributed by atoms with Gasteiger partial charge in [0.2, 0.25) is 0 Å². The molecule has 4 aromatic carbocycles. The molecule has 0 spiro atoms. The fourth-order valence-electron chi connectivity index (χ4n) is 3.41. The Kier molecular flexibility index (Phi) is 6.64. The zero-order chi connectivity index (χ0) is 21.8. The summed E-state index contributed by atoms with van der Waals surface area (Å²) in [7, 11) is 1.58. The molecule has 0 fully saturated rings. The van der Waals surface area contributed by atoms with Crippen molar-refractivity contribution in [1.82, 2.24) is 0 Å². The highest BCUT2D eigenvalue weighted by Crippen LogP contribution is 2.38. The highest BCUT2D eigenvalue weighted by atomic mass is 79.9. The Morgan fingerprint density at radius 2 is 1.77 bits per heavy atom. The number of hydrogen-bond donors (Lipinski definition) is 1. The number of rotatable bonds is 7. The smallest absolute Gasteiger partial charge is 0.175 e. The predicted octanol–water partition coefficient (Wildman–Crippen LogP) is 7.59. The summed E-state index contributed by atoms with van der Waals surface area (Å²) in [5.41, 5.74) is 2.37. The van der Waals surface area contributed by atoms with Gasteiger partial charge in [-0.3, -0.25) is 0 Å². The molecule has 1 N–H and O–H groups in total. The Bertz CT molecular complexity index is 1210. The lowest BCUT2D eigenvalue weighted by Gasteiger charge is -2.16. The summed E-state index contributed by atoms with van der Waals surface area (Å²) < 4.78 is 26.2. The molecule has 0 aliphatic rings. The van der Waals surface area contributed by atoms with E-state index in [1.54, 1.807) is 19.2 Å². The van der Waals surface area contributed by atoms with Crippen molar-refractivity contribution in [2.45, 2.75) is 13.2 Å². The van der Waals surface area contributed by atoms with E-state index in [1.807, 2.05) is 30.3 Å². The van der Waals surface area contributed by atoms with Crippen LogP contribution in [0.1, 0.15) is 11.1 Å². The van der Waals surface area contributed by atoms with Crippen LogP contribution in [0.25, 0.3) is 10.8 Å². The number of nitrogens with one attached hydrogen (secondary N) is 1. The minimum atomic E-state index is -0.404. The molecular weight excluding hydrogens is 481 g/mol. The highest BCUT2D eigenvalue weighted by Gasteiger charge is 2.15. The molecule has 0 atom stereocenters. The maximum atomic E-state index is 14.1. The monoisotopic (exact) mass is 499 g/mol. The SMILES string of the molecule is COc1cc(CNc2cccc3ccccc23)cc(Br)c1OCc1c(F)cccc1Cl. The van der Waals surface area contributed by atoms with Crippen molar-refractivity contribution >= 4 is 44.0 Å². The Morgan fingerprint density at radius 3 is 2.58 bits per heavy atom. The average molecular weight is 501 g/mol. The van der Waals surface area contributed by atoms with Gasteiger partial charge in [0.05, 0.1) is 16.6 Å². The Labute approximate surface area is 193 Å². The summed E-state index contributed by atoms with van der Waals surface area (Å²) in [4.78, 5) is 0. The normalized spacial score (nSPS) is 10.8. The molecule has 0 saturated heterocycles. The molecule has 0 saturated carbocycles. The van der Waals surface area contributed by atoms with E-state index in [0.717, 1.165) is 16.6 Å². The second-order valence-corrected chi connectivity index (χ2v) is 8.24. The fourth-order valence-corrected chi connectivity index (χ4v) is 4.23. The fraction of sp³-hybridized carbons (Fsp3) is 0.120. The molecule has 0 aliphatic heterocycles. The van der Waals surface area contributed by atoms with Crippen molar-refractivity contribution in [2.24, 2.45) is 0 Å². The maximum Gasteiger partial charge on any atom is 0.175 e. The van der Waals surface area contributed by atoms with Crippen molar-refractivity contribution < 1.29 is 13.9 Å². The van der Waals surface area contributed by atoms with Gasteiger partial charge in [0.15, 0.2) is 11.5 Å². The number of methoxy groups -OCH3 is 1. The quantitative estimate of drug-likeness (QED) is 0.283. The summed E-state index contributed by atoms with van der Waals surface area (Å²) >= 11 is 9.66. The molecular formula is C25H20BrClFNO2. The molecule has 0 amide bonds. The first-order valence-electron chi connectivity index (χ1n) is 9.70. The van der Waals surface area contributed by atoms with E-state index in [0.29, 0.717) is 33.1 Å². The largest absolute Gasteiger partial charge is 0.493 e. The molecule has 4 rings (SSSR count). The van der Waals surface area contributed by atoms with Crippen LogP contribution in [0.2, 0.25) is 5.02 Å². The molecule has 0 heterocycles. The summed E-state index contributed by atoms with van der Waals surface area (Å²) in [5, 5.41) is 6.16. The van der Waals surface area contributed by atoms with Gasteiger partial charge in [-0.25, -0.2) is 4.39 Å². The minimum absolute atomic E-state index is 0.00588. The van der Waals surface area contributed by atoms with Crippen LogP contribution < -0.4 is 14.8 Å². The van der Waals surface area contributed by atoms with E-state index in [1.165, 1.54) is 11.5 Å². The van der Waals surface area contributed by atoms with E-state index < -0.39 is 5.82 Å². The molecule has 0 unspecified atom stereocenters. The van der Waals surface area contributed by atoms with Crippen LogP contribution in [-0.4, -0.2) is 7.11 Å². The predicted molar refractivity (Wildman–Crippen MR) is 128 cm³/mol. The number of anilines is 1. The molecule has 0 bridgehead atoms. The molecule has 3 nitrogen and oxygen atoms in total. The van der Waals surface area contributed by atoms with Crippen LogP contribution in [0.3, 0.4) is 0 Å². The first kappa shape index (κ1) is 21.5. The lowest BCUT2D eigenvalue weighted by Crippen LogP contribution is -2.04. The van der Waals surface area contributed by atoms with Crippen LogP contribution in [0.4, 0.5) is 10.1 Å². The van der Waals surface area contributed by atoms with E-state index in [2.05, 4.69) is 45.5 Å². The summed E-state index contributed by atoms with van der Waals surface area (Å²) in [6, 6.07) is 22.9.